The highest BCUT2D eigenvalue weighted by Gasteiger charge is 2.24. The van der Waals surface area contributed by atoms with Gasteiger partial charge in [0.15, 0.2) is 0 Å². The largest absolute Gasteiger partial charge is 0.380 e. The van der Waals surface area contributed by atoms with Crippen LogP contribution in [0, 0.1) is 0 Å². The van der Waals surface area contributed by atoms with Crippen LogP contribution in [-0.2, 0) is 16.1 Å². The van der Waals surface area contributed by atoms with Crippen molar-refractivity contribution in [2.24, 2.45) is 0 Å². The van der Waals surface area contributed by atoms with E-state index < -0.39 is 0 Å². The highest BCUT2D eigenvalue weighted by atomic mass is 16.5. The fourth-order valence-corrected chi connectivity index (χ4v) is 3.07. The Kier molecular flexibility index (Phi) is 7.40. The fraction of sp³-hybridized carbons (Fsp3) is 0.579. The lowest BCUT2D eigenvalue weighted by atomic mass is 10.1. The summed E-state index contributed by atoms with van der Waals surface area (Å²) in [6.07, 6.45) is 0. The lowest BCUT2D eigenvalue weighted by Crippen LogP contribution is -2.51. The number of likely N-dealkylation sites (N-methyl/N-ethyl adjacent to an activating group) is 1. The normalized spacial score (nSPS) is 15.2. The molecule has 1 aromatic rings. The smallest absolute Gasteiger partial charge is 0.253 e. The lowest BCUT2D eigenvalue weighted by Gasteiger charge is -2.35. The van der Waals surface area contributed by atoms with Gasteiger partial charge in [0, 0.05) is 51.9 Å². The molecule has 2 rings (SSSR count). The van der Waals surface area contributed by atoms with Gasteiger partial charge in [-0.2, -0.15) is 0 Å². The van der Waals surface area contributed by atoms with E-state index in [4.69, 9.17) is 4.74 Å². The Bertz CT molecular complexity index is 562. The molecule has 0 aromatic heterocycles. The van der Waals surface area contributed by atoms with E-state index >= 15 is 0 Å². The number of methoxy groups -OCH3 is 1. The van der Waals surface area contributed by atoms with Gasteiger partial charge in [-0.15, -0.1) is 0 Å². The van der Waals surface area contributed by atoms with Crippen LogP contribution in [0.15, 0.2) is 24.3 Å². The van der Waals surface area contributed by atoms with Gasteiger partial charge in [0.1, 0.15) is 0 Å². The van der Waals surface area contributed by atoms with Gasteiger partial charge in [-0.25, -0.2) is 0 Å². The van der Waals surface area contributed by atoms with Crippen molar-refractivity contribution in [2.75, 3.05) is 52.9 Å². The standard InChI is InChI=1S/C19H29N3O3/c1-4-21(5-2)18(23)14-20-10-12-22(13-11-20)19(24)17-8-6-16(7-9-17)15-25-3/h6-9H,4-5,10-15H2,1-3H3. The second-order valence-corrected chi connectivity index (χ2v) is 6.26. The molecular weight excluding hydrogens is 318 g/mol. The Balaban J connectivity index is 1.84. The number of carbonyl (C=O) groups excluding carboxylic acids is 2. The van der Waals surface area contributed by atoms with Crippen LogP contribution in [-0.4, -0.2) is 79.4 Å². The first-order valence-corrected chi connectivity index (χ1v) is 8.96. The van der Waals surface area contributed by atoms with Gasteiger partial charge in [-0.1, -0.05) is 12.1 Å². The Morgan fingerprint density at radius 1 is 1.04 bits per heavy atom. The van der Waals surface area contributed by atoms with Crippen molar-refractivity contribution in [1.82, 2.24) is 14.7 Å². The van der Waals surface area contributed by atoms with Gasteiger partial charge >= 0.3 is 0 Å². The molecule has 138 valence electrons. The minimum atomic E-state index is 0.0543. The second-order valence-electron chi connectivity index (χ2n) is 6.26. The fourth-order valence-electron chi connectivity index (χ4n) is 3.07. The van der Waals surface area contributed by atoms with Crippen LogP contribution in [0.5, 0.6) is 0 Å². The number of hydrogen-bond acceptors (Lipinski definition) is 4. The van der Waals surface area contributed by atoms with Gasteiger partial charge in [0.05, 0.1) is 13.2 Å². The number of rotatable bonds is 7. The van der Waals surface area contributed by atoms with Gasteiger partial charge < -0.3 is 14.5 Å². The molecule has 0 N–H and O–H groups in total. The number of ether oxygens (including phenoxy) is 1. The van der Waals surface area contributed by atoms with Crippen LogP contribution in [0.25, 0.3) is 0 Å². The monoisotopic (exact) mass is 347 g/mol. The zero-order valence-corrected chi connectivity index (χ0v) is 15.5. The molecule has 0 atom stereocenters. The van der Waals surface area contributed by atoms with Crippen molar-refractivity contribution in [3.8, 4) is 0 Å². The van der Waals surface area contributed by atoms with Crippen LogP contribution >= 0.6 is 0 Å². The third-order valence-electron chi connectivity index (χ3n) is 4.65. The lowest BCUT2D eigenvalue weighted by molar-refractivity contribution is -0.132. The molecular formula is C19H29N3O3. The Morgan fingerprint density at radius 3 is 2.16 bits per heavy atom. The first-order chi connectivity index (χ1) is 12.1. The first kappa shape index (κ1) is 19.4. The predicted octanol–water partition coefficient (Wildman–Crippen LogP) is 1.46. The highest BCUT2D eigenvalue weighted by molar-refractivity contribution is 5.94. The highest BCUT2D eigenvalue weighted by Crippen LogP contribution is 2.11. The molecule has 1 fully saturated rings. The quantitative estimate of drug-likeness (QED) is 0.749. The van der Waals surface area contributed by atoms with E-state index in [1.807, 2.05) is 47.9 Å². The Morgan fingerprint density at radius 2 is 1.64 bits per heavy atom. The molecule has 0 spiro atoms. The van der Waals surface area contributed by atoms with Crippen molar-refractivity contribution < 1.29 is 14.3 Å². The minimum absolute atomic E-state index is 0.0543. The maximum Gasteiger partial charge on any atom is 0.253 e. The molecule has 1 aliphatic rings. The molecule has 6 heteroatoms. The molecule has 0 aliphatic carbocycles. The van der Waals surface area contributed by atoms with E-state index in [2.05, 4.69) is 4.90 Å². The van der Waals surface area contributed by atoms with E-state index in [0.29, 0.717) is 31.8 Å². The number of hydrogen-bond donors (Lipinski definition) is 0. The molecule has 1 aliphatic heterocycles. The van der Waals surface area contributed by atoms with Gasteiger partial charge in [0.2, 0.25) is 5.91 Å². The van der Waals surface area contributed by atoms with Gasteiger partial charge in [0.25, 0.3) is 5.91 Å². The summed E-state index contributed by atoms with van der Waals surface area (Å²) in [7, 11) is 1.66. The first-order valence-electron chi connectivity index (χ1n) is 8.96. The zero-order valence-electron chi connectivity index (χ0n) is 15.5. The van der Waals surface area contributed by atoms with E-state index in [0.717, 1.165) is 31.7 Å². The summed E-state index contributed by atoms with van der Waals surface area (Å²) in [5.74, 6) is 0.220. The predicted molar refractivity (Wildman–Crippen MR) is 97.4 cm³/mol. The Hall–Kier alpha value is -1.92. The van der Waals surface area contributed by atoms with Crippen molar-refractivity contribution in [3.05, 3.63) is 35.4 Å². The van der Waals surface area contributed by atoms with Crippen molar-refractivity contribution in [1.29, 1.82) is 0 Å². The van der Waals surface area contributed by atoms with Crippen LogP contribution < -0.4 is 0 Å². The summed E-state index contributed by atoms with van der Waals surface area (Å²) in [4.78, 5) is 30.6. The maximum absolute atomic E-state index is 12.6. The van der Waals surface area contributed by atoms with E-state index in [9.17, 15) is 9.59 Å². The third-order valence-corrected chi connectivity index (χ3v) is 4.65. The summed E-state index contributed by atoms with van der Waals surface area (Å²) in [5, 5.41) is 0. The maximum atomic E-state index is 12.6. The van der Waals surface area contributed by atoms with Crippen LogP contribution in [0.4, 0.5) is 0 Å². The van der Waals surface area contributed by atoms with Crippen LogP contribution in [0.2, 0.25) is 0 Å². The number of piperazine rings is 1. The summed E-state index contributed by atoms with van der Waals surface area (Å²) < 4.78 is 5.09. The summed E-state index contributed by atoms with van der Waals surface area (Å²) in [6, 6.07) is 7.56. The SMILES string of the molecule is CCN(CC)C(=O)CN1CCN(C(=O)c2ccc(COC)cc2)CC1. The minimum Gasteiger partial charge on any atom is -0.380 e. The summed E-state index contributed by atoms with van der Waals surface area (Å²) in [5.41, 5.74) is 1.76. The zero-order chi connectivity index (χ0) is 18.2. The second kappa shape index (κ2) is 9.53. The molecule has 0 unspecified atom stereocenters. The van der Waals surface area contributed by atoms with E-state index in [-0.39, 0.29) is 11.8 Å². The molecule has 0 radical (unpaired) electrons. The van der Waals surface area contributed by atoms with Gasteiger partial charge in [-0.05, 0) is 31.5 Å². The topological polar surface area (TPSA) is 53.1 Å². The molecule has 1 heterocycles. The molecule has 0 bridgehead atoms. The van der Waals surface area contributed by atoms with Crippen molar-refractivity contribution in [3.63, 3.8) is 0 Å². The number of amides is 2. The van der Waals surface area contributed by atoms with E-state index in [1.54, 1.807) is 7.11 Å². The number of carbonyl (C=O) groups is 2. The average Bonchev–Trinajstić information content (AvgIpc) is 2.64. The molecule has 2 amide bonds. The molecule has 1 saturated heterocycles. The third kappa shape index (κ3) is 5.28. The summed E-state index contributed by atoms with van der Waals surface area (Å²) >= 11 is 0. The molecule has 6 nitrogen and oxygen atoms in total. The molecule has 0 saturated carbocycles. The summed E-state index contributed by atoms with van der Waals surface area (Å²) in [6.45, 7) is 9.25. The van der Waals surface area contributed by atoms with Gasteiger partial charge in [-0.3, -0.25) is 14.5 Å². The molecule has 1 aromatic carbocycles. The van der Waals surface area contributed by atoms with Crippen molar-refractivity contribution in [2.45, 2.75) is 20.5 Å². The van der Waals surface area contributed by atoms with Crippen LogP contribution in [0.3, 0.4) is 0 Å². The van der Waals surface area contributed by atoms with Crippen molar-refractivity contribution >= 4 is 11.8 Å². The molecule has 25 heavy (non-hydrogen) atoms. The van der Waals surface area contributed by atoms with Crippen LogP contribution in [0.1, 0.15) is 29.8 Å². The number of benzene rings is 1. The average molecular weight is 347 g/mol. The van der Waals surface area contributed by atoms with E-state index in [1.165, 1.54) is 0 Å². The Labute approximate surface area is 150 Å². The number of nitrogens with zero attached hydrogens (tertiary/aromatic N) is 3.